The van der Waals surface area contributed by atoms with Crippen LogP contribution in [0.25, 0.3) is 10.9 Å². The molecule has 6 nitrogen and oxygen atoms in total. The van der Waals surface area contributed by atoms with Crippen molar-refractivity contribution < 1.29 is 18.7 Å². The van der Waals surface area contributed by atoms with E-state index in [0.29, 0.717) is 37.6 Å². The molecule has 0 saturated heterocycles. The fourth-order valence-electron chi connectivity index (χ4n) is 4.44. The van der Waals surface area contributed by atoms with E-state index in [2.05, 4.69) is 4.98 Å². The molecule has 3 aromatic carbocycles. The number of halogens is 3. The van der Waals surface area contributed by atoms with Crippen LogP contribution in [-0.4, -0.2) is 59.9 Å². The number of carbonyl (C=O) groups is 2. The number of aromatic nitrogens is 1. The lowest BCUT2D eigenvalue weighted by atomic mass is 10.1. The summed E-state index contributed by atoms with van der Waals surface area (Å²) in [5, 5.41) is 1.74. The van der Waals surface area contributed by atoms with E-state index in [0.717, 1.165) is 22.0 Å². The van der Waals surface area contributed by atoms with Crippen LogP contribution in [0.2, 0.25) is 10.0 Å². The summed E-state index contributed by atoms with van der Waals surface area (Å²) in [4.78, 5) is 33.6. The van der Waals surface area contributed by atoms with Gasteiger partial charge in [0, 0.05) is 55.5 Å². The third kappa shape index (κ3) is 7.60. The zero-order chi connectivity index (χ0) is 27.8. The lowest BCUT2D eigenvalue weighted by Crippen LogP contribution is -2.44. The van der Waals surface area contributed by atoms with E-state index in [1.165, 1.54) is 23.1 Å². The first-order valence-corrected chi connectivity index (χ1v) is 13.4. The molecule has 4 rings (SSSR count). The zero-order valence-electron chi connectivity index (χ0n) is 21.6. The Balaban J connectivity index is 1.56. The number of H-pyrrole nitrogens is 1. The molecule has 0 unspecified atom stereocenters. The Labute approximate surface area is 237 Å². The molecule has 0 aliphatic heterocycles. The molecule has 0 atom stereocenters. The number of nitrogens with one attached hydrogen (secondary N) is 1. The van der Waals surface area contributed by atoms with Crippen LogP contribution >= 0.6 is 23.2 Å². The van der Waals surface area contributed by atoms with E-state index in [9.17, 15) is 14.0 Å². The molecule has 1 aromatic heterocycles. The van der Waals surface area contributed by atoms with Crippen LogP contribution in [0.15, 0.2) is 72.9 Å². The monoisotopic (exact) mass is 569 g/mol. The van der Waals surface area contributed by atoms with Crippen LogP contribution in [0.1, 0.15) is 27.9 Å². The van der Waals surface area contributed by atoms with Gasteiger partial charge in [0.2, 0.25) is 5.91 Å². The first-order valence-electron chi connectivity index (χ1n) is 12.7. The SMILES string of the molecule is COCCCN(CC(=O)N(CCc1c[nH]c2ccccc12)Cc1ccc(F)cc1)C(=O)c1ccc(Cl)cc1Cl. The third-order valence-corrected chi connectivity index (χ3v) is 7.06. The van der Waals surface area contributed by atoms with Crippen LogP contribution in [0.5, 0.6) is 0 Å². The van der Waals surface area contributed by atoms with Gasteiger partial charge in [0.05, 0.1) is 10.6 Å². The van der Waals surface area contributed by atoms with Gasteiger partial charge in [-0.25, -0.2) is 4.39 Å². The van der Waals surface area contributed by atoms with E-state index in [-0.39, 0.29) is 41.3 Å². The fourth-order valence-corrected chi connectivity index (χ4v) is 4.93. The molecule has 39 heavy (non-hydrogen) atoms. The van der Waals surface area contributed by atoms with Crippen molar-refractivity contribution in [3.05, 3.63) is 105 Å². The summed E-state index contributed by atoms with van der Waals surface area (Å²) in [6.07, 6.45) is 3.11. The summed E-state index contributed by atoms with van der Waals surface area (Å²) in [6, 6.07) is 18.7. The minimum absolute atomic E-state index is 0.142. The van der Waals surface area contributed by atoms with Crippen molar-refractivity contribution >= 4 is 45.9 Å². The smallest absolute Gasteiger partial charge is 0.255 e. The van der Waals surface area contributed by atoms with Crippen molar-refractivity contribution in [1.29, 1.82) is 0 Å². The van der Waals surface area contributed by atoms with Gasteiger partial charge >= 0.3 is 0 Å². The lowest BCUT2D eigenvalue weighted by Gasteiger charge is -2.28. The lowest BCUT2D eigenvalue weighted by molar-refractivity contribution is -0.132. The molecule has 4 aromatic rings. The number of aromatic amines is 1. The molecule has 1 heterocycles. The highest BCUT2D eigenvalue weighted by molar-refractivity contribution is 6.36. The molecule has 0 radical (unpaired) electrons. The maximum Gasteiger partial charge on any atom is 0.255 e. The Morgan fingerprint density at radius 1 is 0.974 bits per heavy atom. The average molecular weight is 570 g/mol. The Morgan fingerprint density at radius 3 is 2.49 bits per heavy atom. The average Bonchev–Trinajstić information content (AvgIpc) is 3.34. The van der Waals surface area contributed by atoms with Gasteiger partial charge < -0.3 is 19.5 Å². The summed E-state index contributed by atoms with van der Waals surface area (Å²) < 4.78 is 18.7. The van der Waals surface area contributed by atoms with Crippen LogP contribution in [0, 0.1) is 5.82 Å². The van der Waals surface area contributed by atoms with Gasteiger partial charge in [-0.3, -0.25) is 9.59 Å². The van der Waals surface area contributed by atoms with Gasteiger partial charge in [0.1, 0.15) is 12.4 Å². The molecular formula is C30H30Cl2FN3O3. The maximum absolute atomic E-state index is 13.7. The highest BCUT2D eigenvalue weighted by Gasteiger charge is 2.24. The van der Waals surface area contributed by atoms with Gasteiger partial charge in [0.15, 0.2) is 0 Å². The third-order valence-electron chi connectivity index (χ3n) is 6.52. The fraction of sp³-hybridized carbons (Fsp3) is 0.267. The highest BCUT2D eigenvalue weighted by atomic mass is 35.5. The number of ether oxygens (including phenoxy) is 1. The quantitative estimate of drug-likeness (QED) is 0.202. The summed E-state index contributed by atoms with van der Waals surface area (Å²) in [6.45, 7) is 1.30. The van der Waals surface area contributed by atoms with Crippen molar-refractivity contribution in [1.82, 2.24) is 14.8 Å². The number of nitrogens with zero attached hydrogens (tertiary/aromatic N) is 2. The van der Waals surface area contributed by atoms with Gasteiger partial charge in [-0.15, -0.1) is 0 Å². The summed E-state index contributed by atoms with van der Waals surface area (Å²) in [5.41, 5.74) is 3.18. The highest BCUT2D eigenvalue weighted by Crippen LogP contribution is 2.23. The minimum Gasteiger partial charge on any atom is -0.385 e. The molecule has 0 spiro atoms. The Morgan fingerprint density at radius 2 is 1.74 bits per heavy atom. The maximum atomic E-state index is 13.7. The molecular weight excluding hydrogens is 540 g/mol. The van der Waals surface area contributed by atoms with Gasteiger partial charge in [-0.1, -0.05) is 53.5 Å². The molecule has 9 heteroatoms. The molecule has 0 aliphatic rings. The number of benzene rings is 3. The molecule has 1 N–H and O–H groups in total. The number of methoxy groups -OCH3 is 1. The first kappa shape index (κ1) is 28.6. The Hall–Kier alpha value is -3.39. The molecule has 0 fully saturated rings. The van der Waals surface area contributed by atoms with E-state index in [1.54, 1.807) is 36.3 Å². The van der Waals surface area contributed by atoms with E-state index >= 15 is 0 Å². The predicted octanol–water partition coefficient (Wildman–Crippen LogP) is 6.36. The number of amides is 2. The summed E-state index contributed by atoms with van der Waals surface area (Å²) in [5.74, 6) is -0.931. The topological polar surface area (TPSA) is 65.6 Å². The summed E-state index contributed by atoms with van der Waals surface area (Å²) in [7, 11) is 1.59. The van der Waals surface area contributed by atoms with Crippen molar-refractivity contribution in [2.75, 3.05) is 33.4 Å². The van der Waals surface area contributed by atoms with E-state index in [1.807, 2.05) is 30.5 Å². The van der Waals surface area contributed by atoms with E-state index in [4.69, 9.17) is 27.9 Å². The van der Waals surface area contributed by atoms with Crippen LogP contribution in [0.4, 0.5) is 4.39 Å². The molecule has 204 valence electrons. The van der Waals surface area contributed by atoms with Gasteiger partial charge in [-0.2, -0.15) is 0 Å². The standard InChI is InChI=1S/C30H30Cl2FN3O3/c1-39-16-4-14-36(30(38)26-12-9-23(31)17-27(26)32)20-29(37)35(19-21-7-10-24(33)11-8-21)15-13-22-18-34-28-6-3-2-5-25(22)28/h2-3,5-12,17-18,34H,4,13-16,19-20H2,1H3. The number of carbonyl (C=O) groups excluding carboxylic acids is 2. The van der Waals surface area contributed by atoms with Crippen LogP contribution in [-0.2, 0) is 22.5 Å². The predicted molar refractivity (Wildman–Crippen MR) is 153 cm³/mol. The van der Waals surface area contributed by atoms with Crippen molar-refractivity contribution in [2.24, 2.45) is 0 Å². The Kier molecular flexibility index (Phi) is 9.98. The normalized spacial score (nSPS) is 11.1. The second kappa shape index (κ2) is 13.6. The molecule has 0 aliphatic carbocycles. The Bertz CT molecular complexity index is 1420. The van der Waals surface area contributed by atoms with Crippen molar-refractivity contribution in [3.8, 4) is 0 Å². The summed E-state index contributed by atoms with van der Waals surface area (Å²) >= 11 is 12.3. The van der Waals surface area contributed by atoms with E-state index < -0.39 is 0 Å². The first-order chi connectivity index (χ1) is 18.9. The molecule has 2 amide bonds. The number of fused-ring (bicyclic) bond motifs is 1. The van der Waals surface area contributed by atoms with Gasteiger partial charge in [-0.05, 0) is 60.4 Å². The van der Waals surface area contributed by atoms with Crippen LogP contribution in [0.3, 0.4) is 0 Å². The van der Waals surface area contributed by atoms with Crippen molar-refractivity contribution in [2.45, 2.75) is 19.4 Å². The molecule has 0 bridgehead atoms. The minimum atomic E-state index is -0.362. The largest absolute Gasteiger partial charge is 0.385 e. The second-order valence-corrected chi connectivity index (χ2v) is 10.1. The second-order valence-electron chi connectivity index (χ2n) is 9.25. The van der Waals surface area contributed by atoms with Crippen LogP contribution < -0.4 is 0 Å². The number of hydrogen-bond donors (Lipinski definition) is 1. The van der Waals surface area contributed by atoms with Crippen molar-refractivity contribution in [3.63, 3.8) is 0 Å². The number of para-hydroxylation sites is 1. The zero-order valence-corrected chi connectivity index (χ0v) is 23.1. The van der Waals surface area contributed by atoms with Gasteiger partial charge in [0.25, 0.3) is 5.91 Å². The molecule has 0 saturated carbocycles. The number of hydrogen-bond acceptors (Lipinski definition) is 3. The number of rotatable bonds is 12.